The van der Waals surface area contributed by atoms with Crippen molar-refractivity contribution in [2.24, 2.45) is 0 Å². The first kappa shape index (κ1) is 23.0. The molecule has 4 heteroatoms. The van der Waals surface area contributed by atoms with E-state index in [4.69, 9.17) is 4.74 Å². The third-order valence-electron chi connectivity index (χ3n) is 5.62. The fraction of sp³-hybridized carbons (Fsp3) is 0.214. The first-order valence-corrected chi connectivity index (χ1v) is 10.7. The normalized spacial score (nSPS) is 11.9. The van der Waals surface area contributed by atoms with Crippen molar-refractivity contribution in [2.45, 2.75) is 33.4 Å². The van der Waals surface area contributed by atoms with Gasteiger partial charge >= 0.3 is 0 Å². The molecule has 0 aromatic heterocycles. The van der Waals surface area contributed by atoms with Gasteiger partial charge < -0.3 is 9.64 Å². The van der Waals surface area contributed by atoms with E-state index in [-0.39, 0.29) is 11.7 Å². The summed E-state index contributed by atoms with van der Waals surface area (Å²) in [5.74, 6) is 0.425. The van der Waals surface area contributed by atoms with E-state index in [9.17, 15) is 9.59 Å². The number of hydrogen-bond donors (Lipinski definition) is 0. The maximum atomic E-state index is 12.8. The molecule has 3 rings (SSSR count). The third-order valence-corrected chi connectivity index (χ3v) is 5.62. The summed E-state index contributed by atoms with van der Waals surface area (Å²) in [5.41, 5.74) is 4.76. The van der Waals surface area contributed by atoms with Gasteiger partial charge in [-0.1, -0.05) is 54.6 Å². The molecule has 3 aromatic carbocycles. The summed E-state index contributed by atoms with van der Waals surface area (Å²) in [6.45, 7) is 6.22. The summed E-state index contributed by atoms with van der Waals surface area (Å²) in [7, 11) is 1.65. The molecule has 0 heterocycles. The lowest BCUT2D eigenvalue weighted by Crippen LogP contribution is -2.39. The molecule has 0 N–H and O–H groups in total. The van der Waals surface area contributed by atoms with E-state index in [2.05, 4.69) is 0 Å². The number of carbonyl (C=O) groups is 2. The van der Waals surface area contributed by atoms with Gasteiger partial charge in [-0.25, -0.2) is 0 Å². The Morgan fingerprint density at radius 2 is 1.69 bits per heavy atom. The van der Waals surface area contributed by atoms with E-state index in [0.29, 0.717) is 12.2 Å². The maximum absolute atomic E-state index is 12.8. The second kappa shape index (κ2) is 10.6. The van der Waals surface area contributed by atoms with Crippen molar-refractivity contribution in [2.75, 3.05) is 7.05 Å². The summed E-state index contributed by atoms with van der Waals surface area (Å²) in [6, 6.07) is 22.6. The number of ketones is 1. The Labute approximate surface area is 190 Å². The van der Waals surface area contributed by atoms with Crippen molar-refractivity contribution < 1.29 is 14.3 Å². The van der Waals surface area contributed by atoms with E-state index < -0.39 is 6.04 Å². The fourth-order valence-electron chi connectivity index (χ4n) is 3.24. The molecule has 3 aromatic rings. The monoisotopic (exact) mass is 427 g/mol. The van der Waals surface area contributed by atoms with Gasteiger partial charge in [0.2, 0.25) is 5.91 Å². The number of amides is 1. The lowest BCUT2D eigenvalue weighted by Gasteiger charge is -2.23. The highest BCUT2D eigenvalue weighted by Crippen LogP contribution is 2.17. The number of ether oxygens (including phenoxy) is 1. The van der Waals surface area contributed by atoms with Gasteiger partial charge in [0.1, 0.15) is 12.4 Å². The van der Waals surface area contributed by atoms with Gasteiger partial charge in [0.15, 0.2) is 5.78 Å². The topological polar surface area (TPSA) is 46.6 Å². The molecule has 0 fully saturated rings. The van der Waals surface area contributed by atoms with Crippen molar-refractivity contribution in [3.8, 4) is 5.75 Å². The predicted octanol–water partition coefficient (Wildman–Crippen LogP) is 5.63. The van der Waals surface area contributed by atoms with Crippen LogP contribution in [0.3, 0.4) is 0 Å². The lowest BCUT2D eigenvalue weighted by atomic mass is 10.00. The van der Waals surface area contributed by atoms with E-state index in [1.165, 1.54) is 11.0 Å². The molecule has 0 saturated heterocycles. The molecule has 0 bridgehead atoms. The Morgan fingerprint density at radius 1 is 0.938 bits per heavy atom. The van der Waals surface area contributed by atoms with Crippen LogP contribution in [0.4, 0.5) is 0 Å². The fourth-order valence-corrected chi connectivity index (χ4v) is 3.24. The average Bonchev–Trinajstić information content (AvgIpc) is 2.82. The molecule has 164 valence electrons. The molecule has 0 aliphatic rings. The Hall–Kier alpha value is -3.66. The Morgan fingerprint density at radius 3 is 2.41 bits per heavy atom. The quantitative estimate of drug-likeness (QED) is 0.346. The minimum absolute atomic E-state index is 0.0753. The number of nitrogens with zero attached hydrogens (tertiary/aromatic N) is 1. The smallest absolute Gasteiger partial charge is 0.246 e. The van der Waals surface area contributed by atoms with E-state index in [1.807, 2.05) is 86.6 Å². The van der Waals surface area contributed by atoms with E-state index in [1.54, 1.807) is 20.0 Å². The number of Topliss-reactive ketones (excluding diaryl/α,β-unsaturated/α-hetero) is 1. The van der Waals surface area contributed by atoms with Crippen LogP contribution in [0.1, 0.15) is 39.5 Å². The van der Waals surface area contributed by atoms with Crippen LogP contribution in [0.25, 0.3) is 6.08 Å². The summed E-state index contributed by atoms with van der Waals surface area (Å²) in [4.78, 5) is 27.0. The third kappa shape index (κ3) is 5.94. The molecule has 0 saturated carbocycles. The number of aryl methyl sites for hydroxylation is 2. The van der Waals surface area contributed by atoms with Crippen molar-refractivity contribution >= 4 is 17.8 Å². The molecule has 1 unspecified atom stereocenters. The Kier molecular flexibility index (Phi) is 7.61. The molecular weight excluding hydrogens is 398 g/mol. The van der Waals surface area contributed by atoms with Crippen LogP contribution in [-0.4, -0.2) is 29.7 Å². The van der Waals surface area contributed by atoms with E-state index in [0.717, 1.165) is 28.0 Å². The van der Waals surface area contributed by atoms with Crippen molar-refractivity contribution in [1.29, 1.82) is 0 Å². The van der Waals surface area contributed by atoms with Crippen LogP contribution < -0.4 is 4.74 Å². The standard InChI is InChI=1S/C28H29NO3/c1-20-13-15-25(17-21(20)2)28(31)22(3)29(4)27(30)16-14-23-11-8-12-26(18-23)32-19-24-9-6-5-7-10-24/h5-18,22H,19H2,1-4H3/b16-14+. The summed E-state index contributed by atoms with van der Waals surface area (Å²) in [5, 5.41) is 0. The highest BCUT2D eigenvalue weighted by molar-refractivity contribution is 6.03. The molecule has 0 radical (unpaired) electrons. The second-order valence-electron chi connectivity index (χ2n) is 7.97. The number of carbonyl (C=O) groups excluding carboxylic acids is 2. The Balaban J connectivity index is 1.62. The summed E-state index contributed by atoms with van der Waals surface area (Å²) >= 11 is 0. The largest absolute Gasteiger partial charge is 0.489 e. The molecule has 0 aliphatic heterocycles. The lowest BCUT2D eigenvalue weighted by molar-refractivity contribution is -0.125. The minimum Gasteiger partial charge on any atom is -0.489 e. The van der Waals surface area contributed by atoms with Crippen molar-refractivity contribution in [3.63, 3.8) is 0 Å². The average molecular weight is 428 g/mol. The highest BCUT2D eigenvalue weighted by atomic mass is 16.5. The van der Waals surface area contributed by atoms with Crippen LogP contribution in [0, 0.1) is 13.8 Å². The molecule has 1 atom stereocenters. The molecule has 1 amide bonds. The van der Waals surface area contributed by atoms with E-state index >= 15 is 0 Å². The molecular formula is C28H29NO3. The van der Waals surface area contributed by atoms with Crippen molar-refractivity contribution in [3.05, 3.63) is 107 Å². The molecule has 32 heavy (non-hydrogen) atoms. The second-order valence-corrected chi connectivity index (χ2v) is 7.97. The van der Waals surface area contributed by atoms with Crippen LogP contribution >= 0.6 is 0 Å². The van der Waals surface area contributed by atoms with Crippen LogP contribution in [-0.2, 0) is 11.4 Å². The number of rotatable bonds is 8. The molecule has 4 nitrogen and oxygen atoms in total. The highest BCUT2D eigenvalue weighted by Gasteiger charge is 2.22. The number of benzene rings is 3. The van der Waals surface area contributed by atoms with Gasteiger partial charge in [0, 0.05) is 18.7 Å². The number of hydrogen-bond acceptors (Lipinski definition) is 3. The van der Waals surface area contributed by atoms with Gasteiger partial charge in [-0.2, -0.15) is 0 Å². The van der Waals surface area contributed by atoms with Crippen LogP contribution in [0.15, 0.2) is 78.9 Å². The van der Waals surface area contributed by atoms with Crippen LogP contribution in [0.2, 0.25) is 0 Å². The Bertz CT molecular complexity index is 1120. The van der Waals surface area contributed by atoms with Gasteiger partial charge in [-0.3, -0.25) is 9.59 Å². The SMILES string of the molecule is Cc1ccc(C(=O)C(C)N(C)C(=O)/C=C/c2cccc(OCc3ccccc3)c2)cc1C. The first-order chi connectivity index (χ1) is 15.3. The maximum Gasteiger partial charge on any atom is 0.246 e. The van der Waals surface area contributed by atoms with Crippen LogP contribution in [0.5, 0.6) is 5.75 Å². The first-order valence-electron chi connectivity index (χ1n) is 10.7. The molecule has 0 spiro atoms. The molecule has 0 aliphatic carbocycles. The minimum atomic E-state index is -0.560. The number of likely N-dealkylation sites (N-methyl/N-ethyl adjacent to an activating group) is 1. The van der Waals surface area contributed by atoms with Gasteiger partial charge in [0.05, 0.1) is 6.04 Å². The zero-order chi connectivity index (χ0) is 23.1. The predicted molar refractivity (Wildman–Crippen MR) is 129 cm³/mol. The zero-order valence-electron chi connectivity index (χ0n) is 19.0. The van der Waals surface area contributed by atoms with Gasteiger partial charge in [-0.15, -0.1) is 0 Å². The summed E-state index contributed by atoms with van der Waals surface area (Å²) in [6.07, 6.45) is 3.22. The van der Waals surface area contributed by atoms with Gasteiger partial charge in [0.25, 0.3) is 0 Å². The van der Waals surface area contributed by atoms with Crippen molar-refractivity contribution in [1.82, 2.24) is 4.90 Å². The zero-order valence-corrected chi connectivity index (χ0v) is 19.0. The summed E-state index contributed by atoms with van der Waals surface area (Å²) < 4.78 is 5.85. The van der Waals surface area contributed by atoms with Gasteiger partial charge in [-0.05, 0) is 67.3 Å².